The SMILES string of the molecule is CC[C@H](C)NC(=O)[C@H](Cc1ccccc1)N(Cc1c(Cl)cccc1Cl)C(=O)CN(c1ccc(Br)cc1)S(C)(=O)=O. The smallest absolute Gasteiger partial charge is 0.244 e. The van der Waals surface area contributed by atoms with Crippen molar-refractivity contribution in [2.45, 2.75) is 45.3 Å². The highest BCUT2D eigenvalue weighted by molar-refractivity contribution is 9.10. The Balaban J connectivity index is 2.10. The second-order valence-electron chi connectivity index (χ2n) is 9.49. The molecule has 0 saturated carbocycles. The van der Waals surface area contributed by atoms with Crippen molar-refractivity contribution < 1.29 is 18.0 Å². The normalized spacial score (nSPS) is 12.8. The molecule has 0 aromatic heterocycles. The molecule has 0 spiro atoms. The predicted molar refractivity (Wildman–Crippen MR) is 165 cm³/mol. The molecule has 0 bridgehead atoms. The standard InChI is InChI=1S/C29H32BrCl2N3O4S/c1-4-20(2)33-29(37)27(17-21-9-6-5-7-10-21)34(18-24-25(31)11-8-12-26(24)32)28(36)19-35(40(3,38)39)23-15-13-22(30)14-16-23/h5-16,20,27H,4,17-19H2,1-3H3,(H,33,37)/t20-,27-/m0/s1. The highest BCUT2D eigenvalue weighted by atomic mass is 79.9. The van der Waals surface area contributed by atoms with Gasteiger partial charge in [-0.15, -0.1) is 0 Å². The number of halogens is 3. The van der Waals surface area contributed by atoms with Gasteiger partial charge in [-0.2, -0.15) is 0 Å². The summed E-state index contributed by atoms with van der Waals surface area (Å²) in [6, 6.07) is 19.8. The topological polar surface area (TPSA) is 86.8 Å². The van der Waals surface area contributed by atoms with Crippen LogP contribution in [0.3, 0.4) is 0 Å². The van der Waals surface area contributed by atoms with E-state index in [4.69, 9.17) is 23.2 Å². The Bertz CT molecular complexity index is 1400. The first-order chi connectivity index (χ1) is 18.9. The number of anilines is 1. The lowest BCUT2D eigenvalue weighted by molar-refractivity contribution is -0.140. The van der Waals surface area contributed by atoms with Crippen LogP contribution < -0.4 is 9.62 Å². The molecule has 0 radical (unpaired) electrons. The van der Waals surface area contributed by atoms with Gasteiger partial charge in [0.15, 0.2) is 0 Å². The molecule has 0 fully saturated rings. The number of benzene rings is 3. The molecule has 0 aliphatic carbocycles. The van der Waals surface area contributed by atoms with Crippen LogP contribution >= 0.6 is 39.1 Å². The van der Waals surface area contributed by atoms with Gasteiger partial charge in [0.25, 0.3) is 0 Å². The van der Waals surface area contributed by atoms with E-state index in [1.807, 2.05) is 44.2 Å². The van der Waals surface area contributed by atoms with Gasteiger partial charge in [-0.3, -0.25) is 13.9 Å². The molecule has 214 valence electrons. The zero-order chi connectivity index (χ0) is 29.4. The summed E-state index contributed by atoms with van der Waals surface area (Å²) in [7, 11) is -3.86. The lowest BCUT2D eigenvalue weighted by atomic mass is 10.0. The third-order valence-electron chi connectivity index (χ3n) is 6.46. The van der Waals surface area contributed by atoms with Gasteiger partial charge in [-0.1, -0.05) is 82.5 Å². The zero-order valence-corrected chi connectivity index (χ0v) is 26.4. The maximum atomic E-state index is 14.1. The van der Waals surface area contributed by atoms with Crippen molar-refractivity contribution in [3.8, 4) is 0 Å². The quantitative estimate of drug-likeness (QED) is 0.254. The second-order valence-corrected chi connectivity index (χ2v) is 13.1. The minimum Gasteiger partial charge on any atom is -0.352 e. The molecule has 1 N–H and O–H groups in total. The monoisotopic (exact) mass is 667 g/mol. The van der Waals surface area contributed by atoms with E-state index in [0.717, 1.165) is 20.6 Å². The van der Waals surface area contributed by atoms with Gasteiger partial charge in [0.05, 0.1) is 11.9 Å². The molecule has 0 aliphatic rings. The summed E-state index contributed by atoms with van der Waals surface area (Å²) in [6.45, 7) is 3.21. The van der Waals surface area contributed by atoms with E-state index >= 15 is 0 Å². The Morgan fingerprint density at radius 1 is 0.950 bits per heavy atom. The first-order valence-electron chi connectivity index (χ1n) is 12.7. The third kappa shape index (κ3) is 8.70. The van der Waals surface area contributed by atoms with Gasteiger partial charge in [-0.05, 0) is 55.3 Å². The molecular weight excluding hydrogens is 637 g/mol. The van der Waals surface area contributed by atoms with E-state index in [1.165, 1.54) is 4.90 Å². The third-order valence-corrected chi connectivity index (χ3v) is 8.83. The summed E-state index contributed by atoms with van der Waals surface area (Å²) >= 11 is 16.3. The number of carbonyl (C=O) groups is 2. The van der Waals surface area contributed by atoms with Crippen LogP contribution in [0.15, 0.2) is 77.3 Å². The summed E-state index contributed by atoms with van der Waals surface area (Å²) < 4.78 is 27.5. The van der Waals surface area contributed by atoms with Crippen LogP contribution in [0.25, 0.3) is 0 Å². The van der Waals surface area contributed by atoms with E-state index in [-0.39, 0.29) is 24.9 Å². The Labute approximate surface area is 254 Å². The fourth-order valence-electron chi connectivity index (χ4n) is 4.07. The van der Waals surface area contributed by atoms with Crippen molar-refractivity contribution in [1.29, 1.82) is 0 Å². The van der Waals surface area contributed by atoms with Gasteiger partial charge in [0, 0.05) is 39.1 Å². The molecule has 0 unspecified atom stereocenters. The van der Waals surface area contributed by atoms with E-state index in [9.17, 15) is 18.0 Å². The van der Waals surface area contributed by atoms with Crippen molar-refractivity contribution in [3.05, 3.63) is 98.4 Å². The number of hydrogen-bond donors (Lipinski definition) is 1. The second kappa shape index (κ2) is 14.3. The van der Waals surface area contributed by atoms with Crippen LogP contribution in [0.4, 0.5) is 5.69 Å². The van der Waals surface area contributed by atoms with Crippen molar-refractivity contribution >= 4 is 66.7 Å². The van der Waals surface area contributed by atoms with Gasteiger partial charge in [0.1, 0.15) is 12.6 Å². The predicted octanol–water partition coefficient (Wildman–Crippen LogP) is 6.08. The van der Waals surface area contributed by atoms with E-state index < -0.39 is 28.5 Å². The first-order valence-corrected chi connectivity index (χ1v) is 16.1. The number of amides is 2. The van der Waals surface area contributed by atoms with Crippen molar-refractivity contribution in [2.75, 3.05) is 17.1 Å². The van der Waals surface area contributed by atoms with Crippen LogP contribution in [0, 0.1) is 0 Å². The van der Waals surface area contributed by atoms with Gasteiger partial charge < -0.3 is 10.2 Å². The largest absolute Gasteiger partial charge is 0.352 e. The average molecular weight is 669 g/mol. The molecular formula is C29H32BrCl2N3O4S. The maximum Gasteiger partial charge on any atom is 0.244 e. The molecule has 7 nitrogen and oxygen atoms in total. The summed E-state index contributed by atoms with van der Waals surface area (Å²) in [5.74, 6) is -0.936. The Morgan fingerprint density at radius 2 is 1.55 bits per heavy atom. The average Bonchev–Trinajstić information content (AvgIpc) is 2.91. The molecule has 11 heteroatoms. The minimum absolute atomic E-state index is 0.0965. The molecule has 3 rings (SSSR count). The fraction of sp³-hybridized carbons (Fsp3) is 0.310. The molecule has 0 heterocycles. The maximum absolute atomic E-state index is 14.1. The number of nitrogens with one attached hydrogen (secondary N) is 1. The fourth-order valence-corrected chi connectivity index (χ4v) is 5.70. The molecule has 3 aromatic carbocycles. The highest BCUT2D eigenvalue weighted by Gasteiger charge is 2.34. The number of rotatable bonds is 12. The first kappa shape index (κ1) is 31.9. The molecule has 0 saturated heterocycles. The molecule has 2 amide bonds. The molecule has 40 heavy (non-hydrogen) atoms. The van der Waals surface area contributed by atoms with E-state index in [1.54, 1.807) is 42.5 Å². The lowest BCUT2D eigenvalue weighted by Gasteiger charge is -2.34. The van der Waals surface area contributed by atoms with Gasteiger partial charge >= 0.3 is 0 Å². The summed E-state index contributed by atoms with van der Waals surface area (Å²) in [5, 5.41) is 3.65. The van der Waals surface area contributed by atoms with Crippen LogP contribution in [0.1, 0.15) is 31.4 Å². The zero-order valence-electron chi connectivity index (χ0n) is 22.5. The molecule has 3 aromatic rings. The summed E-state index contributed by atoms with van der Waals surface area (Å²) in [5.41, 5.74) is 1.62. The number of hydrogen-bond acceptors (Lipinski definition) is 4. The lowest BCUT2D eigenvalue weighted by Crippen LogP contribution is -2.54. The number of sulfonamides is 1. The summed E-state index contributed by atoms with van der Waals surface area (Å²) in [6.07, 6.45) is 1.93. The summed E-state index contributed by atoms with van der Waals surface area (Å²) in [4.78, 5) is 29.2. The van der Waals surface area contributed by atoms with Crippen LogP contribution in [-0.4, -0.2) is 50.0 Å². The Kier molecular flexibility index (Phi) is 11.5. The van der Waals surface area contributed by atoms with Gasteiger partial charge in [0.2, 0.25) is 21.8 Å². The van der Waals surface area contributed by atoms with Crippen molar-refractivity contribution in [3.63, 3.8) is 0 Å². The van der Waals surface area contributed by atoms with Crippen molar-refractivity contribution in [2.24, 2.45) is 0 Å². The number of carbonyl (C=O) groups excluding carboxylic acids is 2. The van der Waals surface area contributed by atoms with Crippen LogP contribution in [-0.2, 0) is 32.6 Å². The van der Waals surface area contributed by atoms with Crippen LogP contribution in [0.5, 0.6) is 0 Å². The Morgan fingerprint density at radius 3 is 2.10 bits per heavy atom. The van der Waals surface area contributed by atoms with Crippen molar-refractivity contribution in [1.82, 2.24) is 10.2 Å². The number of nitrogens with zero attached hydrogens (tertiary/aromatic N) is 2. The van der Waals surface area contributed by atoms with Crippen LogP contribution in [0.2, 0.25) is 10.0 Å². The Hall–Kier alpha value is -2.59. The van der Waals surface area contributed by atoms with Gasteiger partial charge in [-0.25, -0.2) is 8.42 Å². The highest BCUT2D eigenvalue weighted by Crippen LogP contribution is 2.28. The molecule has 0 aliphatic heterocycles. The minimum atomic E-state index is -3.86. The molecule has 2 atom stereocenters. The van der Waals surface area contributed by atoms with E-state index in [2.05, 4.69) is 21.2 Å². The van der Waals surface area contributed by atoms with E-state index in [0.29, 0.717) is 27.7 Å².